The van der Waals surface area contributed by atoms with E-state index in [4.69, 9.17) is 11.0 Å². The van der Waals surface area contributed by atoms with Crippen LogP contribution in [0.2, 0.25) is 0 Å². The van der Waals surface area contributed by atoms with E-state index in [9.17, 15) is 0 Å². The molecule has 2 N–H and O–H groups in total. The zero-order valence-electron chi connectivity index (χ0n) is 6.73. The lowest BCUT2D eigenvalue weighted by Gasteiger charge is -1.96. The predicted molar refractivity (Wildman–Crippen MR) is 48.7 cm³/mol. The summed E-state index contributed by atoms with van der Waals surface area (Å²) in [4.78, 5) is 8.00. The van der Waals surface area contributed by atoms with E-state index in [0.29, 0.717) is 17.2 Å². The lowest BCUT2D eigenvalue weighted by Crippen LogP contribution is -1.92. The quantitative estimate of drug-likeness (QED) is 0.641. The van der Waals surface area contributed by atoms with E-state index in [1.165, 1.54) is 0 Å². The van der Waals surface area contributed by atoms with Crippen LogP contribution in [0, 0.1) is 11.3 Å². The Morgan fingerprint density at radius 1 is 1.15 bits per heavy atom. The van der Waals surface area contributed by atoms with Gasteiger partial charge in [-0.15, -0.1) is 0 Å². The minimum Gasteiger partial charge on any atom is -0.384 e. The van der Waals surface area contributed by atoms with E-state index in [2.05, 4.69) is 9.97 Å². The van der Waals surface area contributed by atoms with E-state index in [1.54, 1.807) is 18.2 Å². The van der Waals surface area contributed by atoms with Crippen molar-refractivity contribution in [2.45, 2.75) is 0 Å². The topological polar surface area (TPSA) is 75.6 Å². The van der Waals surface area contributed by atoms with Gasteiger partial charge in [-0.25, -0.2) is 9.97 Å². The molecule has 0 spiro atoms. The monoisotopic (exact) mass is 170 g/mol. The maximum Gasteiger partial charge on any atom is 0.162 e. The molecule has 4 heteroatoms. The second-order valence-electron chi connectivity index (χ2n) is 2.59. The van der Waals surface area contributed by atoms with Crippen LogP contribution in [0.5, 0.6) is 0 Å². The van der Waals surface area contributed by atoms with Crippen LogP contribution in [0.15, 0.2) is 24.3 Å². The highest BCUT2D eigenvalue weighted by Crippen LogP contribution is 2.11. The molecule has 0 amide bonds. The molecule has 2 aromatic rings. The molecule has 0 aliphatic rings. The number of hydrogen-bond acceptors (Lipinski definition) is 4. The molecule has 0 saturated heterocycles. The SMILES string of the molecule is N#Cc1ccc2ccc(N)nc2n1. The summed E-state index contributed by atoms with van der Waals surface area (Å²) >= 11 is 0. The van der Waals surface area contributed by atoms with Crippen molar-refractivity contribution in [3.05, 3.63) is 30.0 Å². The molecule has 2 heterocycles. The van der Waals surface area contributed by atoms with E-state index >= 15 is 0 Å². The van der Waals surface area contributed by atoms with Crippen molar-refractivity contribution >= 4 is 16.9 Å². The second-order valence-corrected chi connectivity index (χ2v) is 2.59. The minimum absolute atomic E-state index is 0.352. The standard InChI is InChI=1S/C9H6N4/c10-5-7-3-1-6-2-4-8(11)13-9(6)12-7/h1-4H,(H2,11,12,13). The lowest BCUT2D eigenvalue weighted by atomic mass is 10.2. The van der Waals surface area contributed by atoms with Gasteiger partial charge in [-0.1, -0.05) is 0 Å². The normalized spacial score (nSPS) is 9.77. The summed E-state index contributed by atoms with van der Waals surface area (Å²) in [5.74, 6) is 0.412. The Kier molecular flexibility index (Phi) is 1.57. The van der Waals surface area contributed by atoms with Crippen molar-refractivity contribution in [3.63, 3.8) is 0 Å². The van der Waals surface area contributed by atoms with Crippen molar-refractivity contribution in [1.29, 1.82) is 5.26 Å². The highest BCUT2D eigenvalue weighted by Gasteiger charge is 1.98. The largest absolute Gasteiger partial charge is 0.384 e. The summed E-state index contributed by atoms with van der Waals surface area (Å²) < 4.78 is 0. The molecule has 0 saturated carbocycles. The molecule has 62 valence electrons. The Labute approximate surface area is 74.6 Å². The summed E-state index contributed by atoms with van der Waals surface area (Å²) in [6.45, 7) is 0. The van der Waals surface area contributed by atoms with E-state index in [-0.39, 0.29) is 0 Å². The maximum absolute atomic E-state index is 8.59. The van der Waals surface area contributed by atoms with Crippen LogP contribution in [-0.2, 0) is 0 Å². The van der Waals surface area contributed by atoms with Crippen LogP contribution >= 0.6 is 0 Å². The molecule has 0 radical (unpaired) electrons. The fourth-order valence-corrected chi connectivity index (χ4v) is 1.08. The number of fused-ring (bicyclic) bond motifs is 1. The number of hydrogen-bond donors (Lipinski definition) is 1. The van der Waals surface area contributed by atoms with Crippen molar-refractivity contribution in [1.82, 2.24) is 9.97 Å². The molecule has 0 atom stereocenters. The first-order valence-corrected chi connectivity index (χ1v) is 3.73. The molecule has 0 unspecified atom stereocenters. The number of pyridine rings is 2. The summed E-state index contributed by atoms with van der Waals surface area (Å²) in [6, 6.07) is 8.93. The minimum atomic E-state index is 0.352. The van der Waals surface area contributed by atoms with Gasteiger partial charge in [0.1, 0.15) is 17.6 Å². The van der Waals surface area contributed by atoms with Gasteiger partial charge in [0.25, 0.3) is 0 Å². The molecular weight excluding hydrogens is 164 g/mol. The van der Waals surface area contributed by atoms with Crippen molar-refractivity contribution in [3.8, 4) is 6.07 Å². The summed E-state index contributed by atoms with van der Waals surface area (Å²) in [7, 11) is 0. The average molecular weight is 170 g/mol. The smallest absolute Gasteiger partial charge is 0.162 e. The van der Waals surface area contributed by atoms with Crippen LogP contribution < -0.4 is 5.73 Å². The number of rotatable bonds is 0. The van der Waals surface area contributed by atoms with Crippen molar-refractivity contribution < 1.29 is 0 Å². The molecule has 2 rings (SSSR count). The van der Waals surface area contributed by atoms with E-state index < -0.39 is 0 Å². The summed E-state index contributed by atoms with van der Waals surface area (Å²) in [6.07, 6.45) is 0. The molecule has 0 bridgehead atoms. The zero-order valence-corrected chi connectivity index (χ0v) is 6.73. The molecule has 0 aromatic carbocycles. The number of aromatic nitrogens is 2. The van der Waals surface area contributed by atoms with Gasteiger partial charge in [0.2, 0.25) is 0 Å². The third-order valence-corrected chi connectivity index (χ3v) is 1.69. The molecule has 2 aromatic heterocycles. The molecule has 13 heavy (non-hydrogen) atoms. The molecule has 0 aliphatic carbocycles. The van der Waals surface area contributed by atoms with Crippen molar-refractivity contribution in [2.24, 2.45) is 0 Å². The maximum atomic E-state index is 8.59. The van der Waals surface area contributed by atoms with E-state index in [0.717, 1.165) is 5.39 Å². The second kappa shape index (κ2) is 2.72. The Morgan fingerprint density at radius 2 is 1.92 bits per heavy atom. The Hall–Kier alpha value is -2.15. The zero-order chi connectivity index (χ0) is 9.26. The van der Waals surface area contributed by atoms with Crippen LogP contribution in [0.1, 0.15) is 5.69 Å². The Bertz CT molecular complexity index is 498. The van der Waals surface area contributed by atoms with Gasteiger partial charge in [0.05, 0.1) is 0 Å². The highest BCUT2D eigenvalue weighted by atomic mass is 14.9. The van der Waals surface area contributed by atoms with E-state index in [1.807, 2.05) is 12.1 Å². The van der Waals surface area contributed by atoms with Gasteiger partial charge < -0.3 is 5.73 Å². The van der Waals surface area contributed by atoms with Gasteiger partial charge >= 0.3 is 0 Å². The molecular formula is C9H6N4. The fourth-order valence-electron chi connectivity index (χ4n) is 1.08. The van der Waals surface area contributed by atoms with Gasteiger partial charge in [-0.3, -0.25) is 0 Å². The van der Waals surface area contributed by atoms with Crippen LogP contribution in [-0.4, -0.2) is 9.97 Å². The first-order chi connectivity index (χ1) is 6.29. The average Bonchev–Trinajstić information content (AvgIpc) is 2.16. The van der Waals surface area contributed by atoms with Gasteiger partial charge in [-0.05, 0) is 24.3 Å². The molecule has 0 fully saturated rings. The first-order valence-electron chi connectivity index (χ1n) is 3.73. The predicted octanol–water partition coefficient (Wildman–Crippen LogP) is 1.08. The third-order valence-electron chi connectivity index (χ3n) is 1.69. The summed E-state index contributed by atoms with van der Waals surface area (Å²) in [5.41, 5.74) is 6.35. The Morgan fingerprint density at radius 3 is 2.69 bits per heavy atom. The van der Waals surface area contributed by atoms with Gasteiger partial charge in [-0.2, -0.15) is 5.26 Å². The van der Waals surface area contributed by atoms with Crippen molar-refractivity contribution in [2.75, 3.05) is 5.73 Å². The number of nitrogen functional groups attached to an aromatic ring is 1. The van der Waals surface area contributed by atoms with Gasteiger partial charge in [0, 0.05) is 5.39 Å². The van der Waals surface area contributed by atoms with Crippen LogP contribution in [0.4, 0.5) is 5.82 Å². The van der Waals surface area contributed by atoms with Crippen LogP contribution in [0.3, 0.4) is 0 Å². The fraction of sp³-hybridized carbons (Fsp3) is 0. The number of anilines is 1. The van der Waals surface area contributed by atoms with Gasteiger partial charge in [0.15, 0.2) is 5.65 Å². The number of nitrogens with two attached hydrogens (primary N) is 1. The number of nitriles is 1. The number of nitrogens with zero attached hydrogens (tertiary/aromatic N) is 3. The molecule has 4 nitrogen and oxygen atoms in total. The highest BCUT2D eigenvalue weighted by molar-refractivity contribution is 5.76. The first kappa shape index (κ1) is 7.50. The third kappa shape index (κ3) is 1.27. The Balaban J connectivity index is 2.77. The summed E-state index contributed by atoms with van der Waals surface area (Å²) in [5, 5.41) is 9.48. The lowest BCUT2D eigenvalue weighted by molar-refractivity contribution is 1.25. The van der Waals surface area contributed by atoms with Crippen LogP contribution in [0.25, 0.3) is 11.0 Å². The molecule has 0 aliphatic heterocycles.